The molecule has 1 aromatic carbocycles. The zero-order chi connectivity index (χ0) is 9.80. The van der Waals surface area contributed by atoms with E-state index in [0.29, 0.717) is 12.3 Å². The summed E-state index contributed by atoms with van der Waals surface area (Å²) in [6.07, 6.45) is 2.80. The van der Waals surface area contributed by atoms with Gasteiger partial charge in [0.1, 0.15) is 0 Å². The molecule has 1 N–H and O–H groups in total. The number of nitrogens with one attached hydrogen (secondary N) is 1. The third-order valence-corrected chi connectivity index (χ3v) is 2.77. The molecule has 0 saturated heterocycles. The van der Waals surface area contributed by atoms with Crippen molar-refractivity contribution in [3.05, 3.63) is 29.8 Å². The summed E-state index contributed by atoms with van der Waals surface area (Å²) in [5, 5.41) is 11.9. The fourth-order valence-corrected chi connectivity index (χ4v) is 1.98. The molecule has 0 saturated carbocycles. The molecule has 14 heavy (non-hydrogen) atoms. The van der Waals surface area contributed by atoms with Gasteiger partial charge in [-0.3, -0.25) is 0 Å². The minimum absolute atomic E-state index is 0.629. The Bertz CT molecular complexity index is 352. The van der Waals surface area contributed by atoms with Gasteiger partial charge in [0.15, 0.2) is 0 Å². The topological polar surface area (TPSA) is 35.8 Å². The Hall–Kier alpha value is -1.49. The summed E-state index contributed by atoms with van der Waals surface area (Å²) in [5.41, 5.74) is 2.65. The van der Waals surface area contributed by atoms with Gasteiger partial charge in [0, 0.05) is 18.7 Å². The quantitative estimate of drug-likeness (QED) is 0.770. The zero-order valence-corrected chi connectivity index (χ0v) is 8.16. The zero-order valence-electron chi connectivity index (χ0n) is 8.16. The number of rotatable bonds is 2. The summed E-state index contributed by atoms with van der Waals surface area (Å²) < 4.78 is 0. The summed E-state index contributed by atoms with van der Waals surface area (Å²) in [4.78, 5) is 0. The van der Waals surface area contributed by atoms with Gasteiger partial charge in [-0.05, 0) is 30.4 Å². The molecule has 1 unspecified atom stereocenters. The first-order valence-electron chi connectivity index (χ1n) is 5.09. The second kappa shape index (κ2) is 4.15. The molecule has 72 valence electrons. The summed E-state index contributed by atoms with van der Waals surface area (Å²) in [5.74, 6) is 0.629. The minimum atomic E-state index is 0.629. The molecule has 0 amide bonds. The van der Waals surface area contributed by atoms with Crippen molar-refractivity contribution < 1.29 is 0 Å². The molecule has 0 fully saturated rings. The summed E-state index contributed by atoms with van der Waals surface area (Å²) in [7, 11) is 0. The van der Waals surface area contributed by atoms with Crippen LogP contribution in [0.2, 0.25) is 0 Å². The lowest BCUT2D eigenvalue weighted by Gasteiger charge is -2.25. The van der Waals surface area contributed by atoms with Gasteiger partial charge in [0.05, 0.1) is 6.07 Å². The van der Waals surface area contributed by atoms with Crippen LogP contribution in [0.15, 0.2) is 24.3 Å². The lowest BCUT2D eigenvalue weighted by Crippen LogP contribution is -2.22. The Morgan fingerprint density at radius 1 is 1.43 bits per heavy atom. The first-order valence-corrected chi connectivity index (χ1v) is 5.09. The van der Waals surface area contributed by atoms with Gasteiger partial charge in [-0.1, -0.05) is 18.2 Å². The van der Waals surface area contributed by atoms with E-state index in [2.05, 4.69) is 35.7 Å². The van der Waals surface area contributed by atoms with Gasteiger partial charge >= 0.3 is 0 Å². The van der Waals surface area contributed by atoms with Crippen LogP contribution in [0.4, 0.5) is 5.69 Å². The molecule has 0 bridgehead atoms. The number of fused-ring (bicyclic) bond motifs is 1. The third-order valence-electron chi connectivity index (χ3n) is 2.77. The van der Waals surface area contributed by atoms with E-state index in [0.717, 1.165) is 19.4 Å². The second-order valence-electron chi connectivity index (χ2n) is 3.80. The van der Waals surface area contributed by atoms with Crippen LogP contribution in [-0.4, -0.2) is 6.54 Å². The van der Waals surface area contributed by atoms with Crippen molar-refractivity contribution in [3.63, 3.8) is 0 Å². The first kappa shape index (κ1) is 9.08. The van der Waals surface area contributed by atoms with Crippen LogP contribution in [0.25, 0.3) is 0 Å². The van der Waals surface area contributed by atoms with Gasteiger partial charge in [0.25, 0.3) is 0 Å². The highest BCUT2D eigenvalue weighted by Gasteiger charge is 2.16. The van der Waals surface area contributed by atoms with E-state index in [9.17, 15) is 0 Å². The second-order valence-corrected chi connectivity index (χ2v) is 3.80. The Balaban J connectivity index is 2.03. The smallest absolute Gasteiger partial charge is 0.0621 e. The van der Waals surface area contributed by atoms with Crippen molar-refractivity contribution in [3.8, 4) is 6.07 Å². The third kappa shape index (κ3) is 1.88. The largest absolute Gasteiger partial charge is 0.385 e. The minimum Gasteiger partial charge on any atom is -0.385 e. The maximum absolute atomic E-state index is 8.52. The highest BCUT2D eigenvalue weighted by Crippen LogP contribution is 2.26. The molecule has 1 aromatic rings. The summed E-state index contributed by atoms with van der Waals surface area (Å²) in [6, 6.07) is 10.6. The van der Waals surface area contributed by atoms with Crippen LogP contribution in [0, 0.1) is 17.2 Å². The molecule has 1 atom stereocenters. The van der Waals surface area contributed by atoms with Crippen LogP contribution in [-0.2, 0) is 6.42 Å². The van der Waals surface area contributed by atoms with E-state index in [1.54, 1.807) is 0 Å². The van der Waals surface area contributed by atoms with Crippen molar-refractivity contribution in [1.29, 1.82) is 5.26 Å². The van der Waals surface area contributed by atoms with E-state index < -0.39 is 0 Å². The van der Waals surface area contributed by atoms with Gasteiger partial charge in [0.2, 0.25) is 0 Å². The Kier molecular flexibility index (Phi) is 2.69. The van der Waals surface area contributed by atoms with E-state index in [4.69, 9.17) is 5.26 Å². The summed E-state index contributed by atoms with van der Waals surface area (Å²) in [6.45, 7) is 1.01. The Morgan fingerprint density at radius 2 is 2.29 bits per heavy atom. The van der Waals surface area contributed by atoms with Crippen molar-refractivity contribution in [2.45, 2.75) is 19.3 Å². The van der Waals surface area contributed by atoms with Crippen molar-refractivity contribution in [2.75, 3.05) is 11.9 Å². The number of benzene rings is 1. The van der Waals surface area contributed by atoms with Crippen LogP contribution in [0.5, 0.6) is 0 Å². The lowest BCUT2D eigenvalue weighted by atomic mass is 9.91. The number of hydrogen-bond acceptors (Lipinski definition) is 2. The molecule has 2 heteroatoms. The van der Waals surface area contributed by atoms with Crippen LogP contribution in [0.3, 0.4) is 0 Å². The maximum Gasteiger partial charge on any atom is 0.0621 e. The summed E-state index contributed by atoms with van der Waals surface area (Å²) >= 11 is 0. The van der Waals surface area contributed by atoms with Crippen LogP contribution < -0.4 is 5.32 Å². The molecular weight excluding hydrogens is 172 g/mol. The molecule has 1 heterocycles. The highest BCUT2D eigenvalue weighted by molar-refractivity contribution is 5.53. The van der Waals surface area contributed by atoms with Crippen LogP contribution in [0.1, 0.15) is 18.4 Å². The molecule has 0 aliphatic carbocycles. The molecule has 0 aromatic heterocycles. The highest BCUT2D eigenvalue weighted by atomic mass is 14.9. The molecule has 2 rings (SSSR count). The van der Waals surface area contributed by atoms with E-state index in [1.807, 2.05) is 0 Å². The van der Waals surface area contributed by atoms with Gasteiger partial charge in [-0.15, -0.1) is 0 Å². The molecule has 2 nitrogen and oxygen atoms in total. The molecular formula is C12H14N2. The number of para-hydroxylation sites is 1. The first-order chi connectivity index (χ1) is 6.90. The molecule has 0 radical (unpaired) electrons. The van der Waals surface area contributed by atoms with Crippen LogP contribution >= 0.6 is 0 Å². The predicted molar refractivity (Wildman–Crippen MR) is 57.0 cm³/mol. The van der Waals surface area contributed by atoms with Gasteiger partial charge < -0.3 is 5.32 Å². The average molecular weight is 186 g/mol. The van der Waals surface area contributed by atoms with Crippen molar-refractivity contribution >= 4 is 5.69 Å². The SMILES string of the molecule is N#CCCC1CNc2ccccc2C1. The number of nitriles is 1. The predicted octanol–water partition coefficient (Wildman–Crippen LogP) is 2.57. The monoisotopic (exact) mass is 186 g/mol. The number of nitrogens with zero attached hydrogens (tertiary/aromatic N) is 1. The maximum atomic E-state index is 8.52. The Morgan fingerprint density at radius 3 is 3.14 bits per heavy atom. The lowest BCUT2D eigenvalue weighted by molar-refractivity contribution is 0.503. The average Bonchev–Trinajstić information content (AvgIpc) is 2.26. The number of hydrogen-bond donors (Lipinski definition) is 1. The van der Waals surface area contributed by atoms with Gasteiger partial charge in [-0.25, -0.2) is 0 Å². The van der Waals surface area contributed by atoms with Gasteiger partial charge in [-0.2, -0.15) is 5.26 Å². The van der Waals surface area contributed by atoms with E-state index >= 15 is 0 Å². The molecule has 0 spiro atoms. The normalized spacial score (nSPS) is 19.2. The van der Waals surface area contributed by atoms with Crippen molar-refractivity contribution in [1.82, 2.24) is 0 Å². The van der Waals surface area contributed by atoms with E-state index in [1.165, 1.54) is 11.3 Å². The van der Waals surface area contributed by atoms with Crippen molar-refractivity contribution in [2.24, 2.45) is 5.92 Å². The van der Waals surface area contributed by atoms with E-state index in [-0.39, 0.29) is 0 Å². The number of anilines is 1. The standard InChI is InChI=1S/C12H14N2/c13-7-3-4-10-8-11-5-1-2-6-12(11)14-9-10/h1-2,5-6,10,14H,3-4,8-9H2. The molecule has 1 aliphatic rings. The molecule has 1 aliphatic heterocycles. The fourth-order valence-electron chi connectivity index (χ4n) is 1.98. The fraction of sp³-hybridized carbons (Fsp3) is 0.417. The Labute approximate surface area is 84.6 Å².